The van der Waals surface area contributed by atoms with Gasteiger partial charge in [0.05, 0.1) is 4.90 Å². The van der Waals surface area contributed by atoms with Gasteiger partial charge in [-0.2, -0.15) is 5.26 Å². The first-order valence-corrected chi connectivity index (χ1v) is 11.5. The van der Waals surface area contributed by atoms with E-state index in [1.807, 2.05) is 13.0 Å². The molecule has 31 heavy (non-hydrogen) atoms. The molecule has 0 unspecified atom stereocenters. The molecule has 0 fully saturated rings. The molecule has 2 aromatic rings. The largest absolute Gasteiger partial charge is 0.326 e. The van der Waals surface area contributed by atoms with Crippen molar-refractivity contribution in [1.29, 1.82) is 5.26 Å². The number of aromatic amines is 1. The highest BCUT2D eigenvalue weighted by atomic mass is 32.2. The molecule has 0 bridgehead atoms. The standard InChI is InChI=1S/C22H28N4O4S/c1-5-6-13-26(4)31(29,30)18-9-7-17(8-10-18)25-21(27)12-11-19-15(2)20(14-23)22(28)24-16(19)3/h7-10H,5-6,11-13H2,1-4H3,(H,24,28)(H,25,27). The highest BCUT2D eigenvalue weighted by Gasteiger charge is 2.20. The number of sulfonamides is 1. The Morgan fingerprint density at radius 1 is 1.23 bits per heavy atom. The van der Waals surface area contributed by atoms with Crippen molar-refractivity contribution in [2.45, 2.75) is 51.3 Å². The van der Waals surface area contributed by atoms with Crippen LogP contribution in [0.15, 0.2) is 34.0 Å². The molecular formula is C22H28N4O4S. The van der Waals surface area contributed by atoms with E-state index in [9.17, 15) is 18.0 Å². The number of nitriles is 1. The van der Waals surface area contributed by atoms with Gasteiger partial charge in [0.1, 0.15) is 11.6 Å². The second-order valence-electron chi connectivity index (χ2n) is 7.42. The zero-order valence-electron chi connectivity index (χ0n) is 18.3. The maximum atomic E-state index is 12.6. The number of pyridine rings is 1. The maximum Gasteiger partial charge on any atom is 0.266 e. The first-order valence-electron chi connectivity index (χ1n) is 10.1. The number of hydrogen-bond donors (Lipinski definition) is 2. The minimum absolute atomic E-state index is 0.0571. The predicted molar refractivity (Wildman–Crippen MR) is 119 cm³/mol. The van der Waals surface area contributed by atoms with Gasteiger partial charge < -0.3 is 10.3 Å². The molecule has 2 rings (SSSR count). The number of aryl methyl sites for hydroxylation is 1. The fraction of sp³-hybridized carbons (Fsp3) is 0.409. The van der Waals surface area contributed by atoms with E-state index in [2.05, 4.69) is 10.3 Å². The summed E-state index contributed by atoms with van der Waals surface area (Å²) in [5.41, 5.74) is 2.10. The Morgan fingerprint density at radius 2 is 1.87 bits per heavy atom. The summed E-state index contributed by atoms with van der Waals surface area (Å²) < 4.78 is 26.5. The fourth-order valence-corrected chi connectivity index (χ4v) is 4.48. The van der Waals surface area contributed by atoms with Gasteiger partial charge in [0.25, 0.3) is 5.56 Å². The van der Waals surface area contributed by atoms with E-state index in [1.165, 1.54) is 16.4 Å². The monoisotopic (exact) mass is 444 g/mol. The average molecular weight is 445 g/mol. The predicted octanol–water partition coefficient (Wildman–Crippen LogP) is 2.86. The van der Waals surface area contributed by atoms with Gasteiger partial charge in [0.15, 0.2) is 0 Å². The zero-order chi connectivity index (χ0) is 23.2. The number of nitrogens with one attached hydrogen (secondary N) is 2. The number of hydrogen-bond acceptors (Lipinski definition) is 5. The van der Waals surface area contributed by atoms with Crippen molar-refractivity contribution in [3.8, 4) is 6.07 Å². The Bertz CT molecular complexity index is 1150. The molecule has 1 amide bonds. The highest BCUT2D eigenvalue weighted by Crippen LogP contribution is 2.19. The number of carbonyl (C=O) groups is 1. The summed E-state index contributed by atoms with van der Waals surface area (Å²) in [6.07, 6.45) is 2.21. The number of amides is 1. The third-order valence-corrected chi connectivity index (χ3v) is 7.07. The van der Waals surface area contributed by atoms with E-state index >= 15 is 0 Å². The van der Waals surface area contributed by atoms with Crippen molar-refractivity contribution < 1.29 is 13.2 Å². The Morgan fingerprint density at radius 3 is 2.45 bits per heavy atom. The van der Waals surface area contributed by atoms with Gasteiger partial charge in [0.2, 0.25) is 15.9 Å². The summed E-state index contributed by atoms with van der Waals surface area (Å²) in [7, 11) is -2.00. The molecular weight excluding hydrogens is 416 g/mol. The van der Waals surface area contributed by atoms with Crippen LogP contribution < -0.4 is 10.9 Å². The Hall–Kier alpha value is -2.96. The number of nitrogens with zero attached hydrogens (tertiary/aromatic N) is 2. The molecule has 0 aliphatic carbocycles. The second kappa shape index (κ2) is 10.4. The van der Waals surface area contributed by atoms with Gasteiger partial charge in [-0.15, -0.1) is 0 Å². The molecule has 0 spiro atoms. The molecule has 1 heterocycles. The van der Waals surface area contributed by atoms with E-state index in [0.29, 0.717) is 29.9 Å². The molecule has 0 atom stereocenters. The van der Waals surface area contributed by atoms with Crippen LogP contribution in [0.25, 0.3) is 0 Å². The number of aromatic nitrogens is 1. The lowest BCUT2D eigenvalue weighted by Crippen LogP contribution is -2.27. The van der Waals surface area contributed by atoms with Gasteiger partial charge in [0, 0.05) is 31.4 Å². The fourth-order valence-electron chi connectivity index (χ4n) is 3.27. The van der Waals surface area contributed by atoms with Crippen LogP contribution in [-0.4, -0.2) is 37.2 Å². The van der Waals surface area contributed by atoms with Crippen LogP contribution >= 0.6 is 0 Å². The lowest BCUT2D eigenvalue weighted by Gasteiger charge is -2.17. The number of benzene rings is 1. The highest BCUT2D eigenvalue weighted by molar-refractivity contribution is 7.89. The molecule has 8 nitrogen and oxygen atoms in total. The lowest BCUT2D eigenvalue weighted by atomic mass is 9.99. The summed E-state index contributed by atoms with van der Waals surface area (Å²) in [6.45, 7) is 5.89. The Balaban J connectivity index is 2.05. The molecule has 0 radical (unpaired) electrons. The third kappa shape index (κ3) is 5.81. The van der Waals surface area contributed by atoms with E-state index in [0.717, 1.165) is 18.4 Å². The summed E-state index contributed by atoms with van der Waals surface area (Å²) >= 11 is 0. The quantitative estimate of drug-likeness (QED) is 0.616. The van der Waals surface area contributed by atoms with E-state index in [-0.39, 0.29) is 22.8 Å². The van der Waals surface area contributed by atoms with Crippen molar-refractivity contribution >= 4 is 21.6 Å². The molecule has 166 valence electrons. The van der Waals surface area contributed by atoms with Crippen LogP contribution in [0.2, 0.25) is 0 Å². The summed E-state index contributed by atoms with van der Waals surface area (Å²) in [4.78, 5) is 27.0. The number of H-pyrrole nitrogens is 1. The number of carbonyl (C=O) groups excluding carboxylic acids is 1. The number of rotatable bonds is 9. The number of unbranched alkanes of at least 4 members (excludes halogenated alkanes) is 1. The van der Waals surface area contributed by atoms with Crippen LogP contribution in [0, 0.1) is 25.2 Å². The minimum atomic E-state index is -3.56. The van der Waals surface area contributed by atoms with Gasteiger partial charge in [-0.25, -0.2) is 12.7 Å². The van der Waals surface area contributed by atoms with Gasteiger partial charge in [-0.3, -0.25) is 9.59 Å². The van der Waals surface area contributed by atoms with Crippen molar-refractivity contribution in [1.82, 2.24) is 9.29 Å². The SMILES string of the molecule is CCCCN(C)S(=O)(=O)c1ccc(NC(=O)CCc2c(C)[nH]c(=O)c(C#N)c2C)cc1. The molecule has 0 aliphatic rings. The van der Waals surface area contributed by atoms with Crippen molar-refractivity contribution in [3.63, 3.8) is 0 Å². The molecule has 0 aliphatic heterocycles. The lowest BCUT2D eigenvalue weighted by molar-refractivity contribution is -0.116. The van der Waals surface area contributed by atoms with Crippen LogP contribution in [-0.2, 0) is 21.2 Å². The van der Waals surface area contributed by atoms with E-state index in [1.54, 1.807) is 33.0 Å². The van der Waals surface area contributed by atoms with Crippen molar-refractivity contribution in [2.75, 3.05) is 18.9 Å². The first kappa shape index (κ1) is 24.3. The van der Waals surface area contributed by atoms with Crippen LogP contribution in [0.5, 0.6) is 0 Å². The molecule has 0 saturated carbocycles. The molecule has 9 heteroatoms. The zero-order valence-corrected chi connectivity index (χ0v) is 19.1. The van der Waals surface area contributed by atoms with E-state index in [4.69, 9.17) is 5.26 Å². The summed E-state index contributed by atoms with van der Waals surface area (Å²) in [5.74, 6) is -0.251. The van der Waals surface area contributed by atoms with Gasteiger partial charge in [-0.05, 0) is 62.1 Å². The summed E-state index contributed by atoms with van der Waals surface area (Å²) in [5, 5.41) is 11.9. The number of anilines is 1. The topological polar surface area (TPSA) is 123 Å². The smallest absolute Gasteiger partial charge is 0.266 e. The van der Waals surface area contributed by atoms with Gasteiger partial charge >= 0.3 is 0 Å². The average Bonchev–Trinajstić information content (AvgIpc) is 2.72. The maximum absolute atomic E-state index is 12.6. The first-order chi connectivity index (χ1) is 14.6. The van der Waals surface area contributed by atoms with Crippen LogP contribution in [0.1, 0.15) is 48.6 Å². The Labute approximate surface area is 183 Å². The third-order valence-electron chi connectivity index (χ3n) is 5.20. The normalized spacial score (nSPS) is 11.4. The van der Waals surface area contributed by atoms with E-state index < -0.39 is 15.6 Å². The molecule has 1 aromatic carbocycles. The molecule has 0 saturated heterocycles. The summed E-state index contributed by atoms with van der Waals surface area (Å²) in [6, 6.07) is 7.96. The van der Waals surface area contributed by atoms with Crippen LogP contribution in [0.4, 0.5) is 5.69 Å². The van der Waals surface area contributed by atoms with Gasteiger partial charge in [-0.1, -0.05) is 13.3 Å². The molecule has 1 aromatic heterocycles. The minimum Gasteiger partial charge on any atom is -0.326 e. The van der Waals surface area contributed by atoms with Crippen LogP contribution in [0.3, 0.4) is 0 Å². The Kier molecular flexibility index (Phi) is 8.14. The second-order valence-corrected chi connectivity index (χ2v) is 9.47. The van der Waals surface area contributed by atoms with Crippen molar-refractivity contribution in [3.05, 3.63) is 57.0 Å². The molecule has 2 N–H and O–H groups in total. The van der Waals surface area contributed by atoms with Crippen molar-refractivity contribution in [2.24, 2.45) is 0 Å².